The minimum Gasteiger partial charge on any atom is -0.362 e. The van der Waals surface area contributed by atoms with Crippen LogP contribution in [0.5, 0.6) is 0 Å². The summed E-state index contributed by atoms with van der Waals surface area (Å²) in [5.41, 5.74) is 0.275. The van der Waals surface area contributed by atoms with Crippen LogP contribution in [0, 0.1) is 15.2 Å². The van der Waals surface area contributed by atoms with E-state index in [-0.39, 0.29) is 35.9 Å². The van der Waals surface area contributed by atoms with Crippen molar-refractivity contribution < 1.29 is 23.0 Å². The molecule has 2 N–H and O–H groups in total. The van der Waals surface area contributed by atoms with Crippen molar-refractivity contribution in [3.05, 3.63) is 10.2 Å². The molecule has 0 unspecified atom stereocenters. The van der Waals surface area contributed by atoms with Crippen molar-refractivity contribution in [2.45, 2.75) is 50.7 Å². The number of anilines is 1. The van der Waals surface area contributed by atoms with E-state index in [0.717, 1.165) is 0 Å². The molecule has 3 fully saturated rings. The molecular weight excluding hydrogens is 513 g/mol. The molecule has 2 aliphatic carbocycles. The van der Waals surface area contributed by atoms with Crippen LogP contribution < -0.4 is 10.6 Å². The normalized spacial score (nSPS) is 33.6. The average Bonchev–Trinajstić information content (AvgIpc) is 3.00. The molecule has 30 heavy (non-hydrogen) atoms. The minimum atomic E-state index is -2.52. The van der Waals surface area contributed by atoms with Gasteiger partial charge in [0.05, 0.1) is 24.3 Å². The second-order valence-electron chi connectivity index (χ2n) is 8.38. The highest BCUT2D eigenvalue weighted by molar-refractivity contribution is 14.1. The van der Waals surface area contributed by atoms with Crippen molar-refractivity contribution in [2.75, 3.05) is 18.9 Å². The summed E-state index contributed by atoms with van der Waals surface area (Å²) in [6, 6.07) is -0.215. The van der Waals surface area contributed by atoms with E-state index >= 15 is 0 Å². The Kier molecular flexibility index (Phi) is 4.50. The molecule has 3 aliphatic rings. The van der Waals surface area contributed by atoms with E-state index in [4.69, 9.17) is 9.47 Å². The molecule has 2 aromatic heterocycles. The molecule has 1 aliphatic heterocycles. The zero-order valence-corrected chi connectivity index (χ0v) is 18.7. The highest BCUT2D eigenvalue weighted by atomic mass is 127. The summed E-state index contributed by atoms with van der Waals surface area (Å²) in [5.74, 6) is -0.605. The SMILES string of the molecule is CNC(=O)[C@@]12C[C@@H]1[C@@H](n1cnc3c(NCC(F)F)nc(I)nc31)[C@@H]1OC(C)(C)O[C@@H]12. The summed E-state index contributed by atoms with van der Waals surface area (Å²) in [5, 5.41) is 5.42. The smallest absolute Gasteiger partial charge is 0.255 e. The number of halogens is 3. The topological polar surface area (TPSA) is 103 Å². The van der Waals surface area contributed by atoms with Gasteiger partial charge in [-0.1, -0.05) is 0 Å². The summed E-state index contributed by atoms with van der Waals surface area (Å²) >= 11 is 1.95. The first-order chi connectivity index (χ1) is 14.2. The predicted molar refractivity (Wildman–Crippen MR) is 110 cm³/mol. The fraction of sp³-hybridized carbons (Fsp3) is 0.667. The molecule has 0 spiro atoms. The van der Waals surface area contributed by atoms with Crippen LogP contribution in [0.3, 0.4) is 0 Å². The van der Waals surface area contributed by atoms with Gasteiger partial charge in [0.25, 0.3) is 6.43 Å². The molecule has 1 amide bonds. The highest BCUT2D eigenvalue weighted by Crippen LogP contribution is 2.71. The number of alkyl halides is 2. The number of rotatable bonds is 5. The maximum Gasteiger partial charge on any atom is 0.255 e. The number of fused-ring (bicyclic) bond motifs is 4. The quantitative estimate of drug-likeness (QED) is 0.447. The number of hydrogen-bond donors (Lipinski definition) is 2. The van der Waals surface area contributed by atoms with Crippen molar-refractivity contribution in [3.8, 4) is 0 Å². The molecule has 0 aromatic carbocycles. The maximum absolute atomic E-state index is 12.8. The molecule has 9 nitrogen and oxygen atoms in total. The van der Waals surface area contributed by atoms with Gasteiger partial charge in [-0.05, 0) is 20.3 Å². The van der Waals surface area contributed by atoms with Crippen molar-refractivity contribution in [1.29, 1.82) is 0 Å². The van der Waals surface area contributed by atoms with Crippen molar-refractivity contribution in [3.63, 3.8) is 0 Å². The molecule has 1 saturated heterocycles. The zero-order chi connectivity index (χ0) is 21.4. The van der Waals surface area contributed by atoms with Gasteiger partial charge in [-0.25, -0.2) is 23.7 Å². The molecular formula is C18H21F2IN6O3. The Morgan fingerprint density at radius 2 is 2.17 bits per heavy atom. The van der Waals surface area contributed by atoms with E-state index in [2.05, 4.69) is 25.6 Å². The number of nitrogens with one attached hydrogen (secondary N) is 2. The maximum atomic E-state index is 12.8. The molecule has 2 aromatic rings. The third-order valence-corrected chi connectivity index (χ3v) is 6.72. The van der Waals surface area contributed by atoms with Crippen LogP contribution in [0.1, 0.15) is 26.3 Å². The molecule has 0 radical (unpaired) electrons. The Labute approximate surface area is 184 Å². The largest absolute Gasteiger partial charge is 0.362 e. The van der Waals surface area contributed by atoms with Crippen LogP contribution in [0.15, 0.2) is 6.33 Å². The lowest BCUT2D eigenvalue weighted by molar-refractivity contribution is -0.164. The molecule has 2 saturated carbocycles. The second kappa shape index (κ2) is 6.66. The Bertz CT molecular complexity index is 1030. The van der Waals surface area contributed by atoms with Gasteiger partial charge in [-0.2, -0.15) is 0 Å². The number of ether oxygens (including phenoxy) is 2. The lowest BCUT2D eigenvalue weighted by Gasteiger charge is -2.24. The fourth-order valence-corrected chi connectivity index (χ4v) is 5.57. The summed E-state index contributed by atoms with van der Waals surface area (Å²) < 4.78 is 40.1. The van der Waals surface area contributed by atoms with E-state index in [1.54, 1.807) is 13.4 Å². The number of nitrogens with zero attached hydrogens (tertiary/aromatic N) is 4. The van der Waals surface area contributed by atoms with Gasteiger partial charge >= 0.3 is 0 Å². The summed E-state index contributed by atoms with van der Waals surface area (Å²) in [6.45, 7) is 3.14. The second-order valence-corrected chi connectivity index (χ2v) is 9.34. The van der Waals surface area contributed by atoms with E-state index < -0.39 is 24.2 Å². The Hall–Kier alpha value is -1.67. The number of aromatic nitrogens is 4. The highest BCUT2D eigenvalue weighted by Gasteiger charge is 2.79. The summed E-state index contributed by atoms with van der Waals surface area (Å²) in [4.78, 5) is 25.9. The van der Waals surface area contributed by atoms with E-state index in [1.165, 1.54) is 0 Å². The summed E-state index contributed by atoms with van der Waals surface area (Å²) in [7, 11) is 1.62. The summed E-state index contributed by atoms with van der Waals surface area (Å²) in [6.07, 6.45) is -0.944. The van der Waals surface area contributed by atoms with Gasteiger partial charge in [0.2, 0.25) is 5.91 Å². The Balaban J connectivity index is 1.58. The minimum absolute atomic E-state index is 0.00560. The molecule has 5 rings (SSSR count). The monoisotopic (exact) mass is 534 g/mol. The molecule has 5 atom stereocenters. The van der Waals surface area contributed by atoms with E-state index in [9.17, 15) is 13.6 Å². The number of hydrogen-bond acceptors (Lipinski definition) is 7. The van der Waals surface area contributed by atoms with Gasteiger partial charge < -0.3 is 24.7 Å². The van der Waals surface area contributed by atoms with Crippen molar-refractivity contribution in [1.82, 2.24) is 24.8 Å². The van der Waals surface area contributed by atoms with Crippen LogP contribution in [0.25, 0.3) is 11.2 Å². The first-order valence-corrected chi connectivity index (χ1v) is 10.8. The van der Waals surface area contributed by atoms with Crippen LogP contribution in [-0.4, -0.2) is 63.4 Å². The molecule has 162 valence electrons. The Morgan fingerprint density at radius 3 is 2.87 bits per heavy atom. The van der Waals surface area contributed by atoms with Crippen LogP contribution in [0.2, 0.25) is 0 Å². The standard InChI is InChI=1S/C18H21F2IN6O3/c1-17(2)29-11-10(7-4-18(7,12(11)30-17)15(28)22-3)27-6-24-9-13(23-5-8(19)20)25-16(21)26-14(9)27/h6-8,10-12H,4-5H2,1-3H3,(H,22,28)(H,23,25,26)/t7-,10-,11+,12+,18+/m1/s1. The molecule has 0 bridgehead atoms. The number of carbonyl (C=O) groups is 1. The van der Waals surface area contributed by atoms with Gasteiger partial charge in [-0.3, -0.25) is 4.79 Å². The first kappa shape index (κ1) is 20.2. The van der Waals surface area contributed by atoms with E-state index in [1.807, 2.05) is 41.0 Å². The van der Waals surface area contributed by atoms with Gasteiger partial charge in [0.15, 0.2) is 26.6 Å². The van der Waals surface area contributed by atoms with Crippen LogP contribution in [-0.2, 0) is 14.3 Å². The molecule has 12 heteroatoms. The lowest BCUT2D eigenvalue weighted by Crippen LogP contribution is -2.40. The first-order valence-electron chi connectivity index (χ1n) is 9.68. The van der Waals surface area contributed by atoms with Crippen LogP contribution >= 0.6 is 22.6 Å². The number of carbonyl (C=O) groups excluding carboxylic acids is 1. The van der Waals surface area contributed by atoms with Crippen molar-refractivity contribution >= 4 is 45.5 Å². The van der Waals surface area contributed by atoms with Crippen molar-refractivity contribution in [2.24, 2.45) is 11.3 Å². The molecule has 3 heterocycles. The van der Waals surface area contributed by atoms with Gasteiger partial charge in [-0.15, -0.1) is 0 Å². The number of imidazole rings is 1. The number of amides is 1. The Morgan fingerprint density at radius 1 is 1.40 bits per heavy atom. The van der Waals surface area contributed by atoms with E-state index in [0.29, 0.717) is 21.4 Å². The zero-order valence-electron chi connectivity index (χ0n) is 16.5. The lowest BCUT2D eigenvalue weighted by atomic mass is 9.98. The third-order valence-electron chi connectivity index (χ3n) is 6.23. The third kappa shape index (κ3) is 2.83. The van der Waals surface area contributed by atoms with Gasteiger partial charge in [0, 0.05) is 35.6 Å². The fourth-order valence-electron chi connectivity index (χ4n) is 5.10. The van der Waals surface area contributed by atoms with Crippen LogP contribution in [0.4, 0.5) is 14.6 Å². The average molecular weight is 534 g/mol. The predicted octanol–water partition coefficient (Wildman–Crippen LogP) is 1.93. The van der Waals surface area contributed by atoms with Gasteiger partial charge in [0.1, 0.15) is 12.2 Å².